The number of carbonyl (C=O) groups excluding carboxylic acids is 1. The SMILES string of the molecule is Cc1ccc(C(=O)N2CCCC(C3Nc4ccccc4S(=O)(=O)N3)C2)o1. The molecule has 1 amide bonds. The van der Waals surface area contributed by atoms with Crippen LogP contribution in [0.1, 0.15) is 29.2 Å². The first kappa shape index (κ1) is 17.1. The summed E-state index contributed by atoms with van der Waals surface area (Å²) in [5.74, 6) is 0.847. The van der Waals surface area contributed by atoms with E-state index in [1.165, 1.54) is 0 Å². The van der Waals surface area contributed by atoms with Crippen molar-refractivity contribution in [1.82, 2.24) is 9.62 Å². The molecule has 0 saturated carbocycles. The topological polar surface area (TPSA) is 91.7 Å². The highest BCUT2D eigenvalue weighted by atomic mass is 32.2. The molecule has 2 aliphatic heterocycles. The van der Waals surface area contributed by atoms with Crippen LogP contribution in [0.25, 0.3) is 0 Å². The molecule has 1 fully saturated rings. The number of carbonyl (C=O) groups is 1. The Bertz CT molecular complexity index is 937. The van der Waals surface area contributed by atoms with Crippen molar-refractivity contribution < 1.29 is 17.6 Å². The summed E-state index contributed by atoms with van der Waals surface area (Å²) in [7, 11) is -3.56. The maximum atomic E-state index is 12.6. The van der Waals surface area contributed by atoms with Gasteiger partial charge < -0.3 is 14.6 Å². The molecule has 0 bridgehead atoms. The van der Waals surface area contributed by atoms with Crippen LogP contribution in [0.4, 0.5) is 5.69 Å². The van der Waals surface area contributed by atoms with Crippen LogP contribution in [0.5, 0.6) is 0 Å². The summed E-state index contributed by atoms with van der Waals surface area (Å²) in [5.41, 5.74) is 0.598. The molecule has 1 aromatic carbocycles. The van der Waals surface area contributed by atoms with Gasteiger partial charge in [0.15, 0.2) is 5.76 Å². The van der Waals surface area contributed by atoms with Gasteiger partial charge in [-0.1, -0.05) is 12.1 Å². The van der Waals surface area contributed by atoms with Gasteiger partial charge in [-0.3, -0.25) is 4.79 Å². The summed E-state index contributed by atoms with van der Waals surface area (Å²) in [5, 5.41) is 3.27. The number of amides is 1. The van der Waals surface area contributed by atoms with E-state index in [4.69, 9.17) is 4.42 Å². The van der Waals surface area contributed by atoms with Crippen molar-refractivity contribution in [2.24, 2.45) is 5.92 Å². The Hall–Kier alpha value is -2.32. The largest absolute Gasteiger partial charge is 0.456 e. The fourth-order valence-corrected chi connectivity index (χ4v) is 5.02. The summed E-state index contributed by atoms with van der Waals surface area (Å²) in [6.07, 6.45) is 1.21. The minimum atomic E-state index is -3.56. The van der Waals surface area contributed by atoms with E-state index in [0.29, 0.717) is 30.3 Å². The normalized spacial score (nSPS) is 24.6. The Kier molecular flexibility index (Phi) is 4.24. The minimum Gasteiger partial charge on any atom is -0.456 e. The fraction of sp³-hybridized carbons (Fsp3) is 0.389. The van der Waals surface area contributed by atoms with Crippen molar-refractivity contribution in [3.8, 4) is 0 Å². The number of likely N-dealkylation sites (tertiary alicyclic amines) is 1. The molecule has 2 aliphatic rings. The summed E-state index contributed by atoms with van der Waals surface area (Å²) in [4.78, 5) is 14.6. The summed E-state index contributed by atoms with van der Waals surface area (Å²) < 4.78 is 33.2. The van der Waals surface area contributed by atoms with Crippen molar-refractivity contribution in [2.75, 3.05) is 18.4 Å². The minimum absolute atomic E-state index is 0.0214. The lowest BCUT2D eigenvalue weighted by atomic mass is 9.94. The number of fused-ring (bicyclic) bond motifs is 1. The molecule has 8 heteroatoms. The van der Waals surface area contributed by atoms with Crippen LogP contribution in [0.3, 0.4) is 0 Å². The maximum absolute atomic E-state index is 12.6. The maximum Gasteiger partial charge on any atom is 0.289 e. The second-order valence-corrected chi connectivity index (χ2v) is 8.49. The lowest BCUT2D eigenvalue weighted by molar-refractivity contribution is 0.0625. The summed E-state index contributed by atoms with van der Waals surface area (Å²) in [6, 6.07) is 10.3. The van der Waals surface area contributed by atoms with E-state index in [1.807, 2.05) is 0 Å². The highest BCUT2D eigenvalue weighted by Gasteiger charge is 2.36. The van der Waals surface area contributed by atoms with Crippen LogP contribution in [-0.2, 0) is 10.0 Å². The average molecular weight is 375 g/mol. The predicted molar refractivity (Wildman–Crippen MR) is 96.2 cm³/mol. The second kappa shape index (κ2) is 6.44. The summed E-state index contributed by atoms with van der Waals surface area (Å²) >= 11 is 0. The molecule has 1 saturated heterocycles. The van der Waals surface area contributed by atoms with Crippen LogP contribution in [0.2, 0.25) is 0 Å². The Labute approximate surface area is 152 Å². The van der Waals surface area contributed by atoms with Crippen LogP contribution >= 0.6 is 0 Å². The molecule has 0 aliphatic carbocycles. The number of rotatable bonds is 2. The molecule has 26 heavy (non-hydrogen) atoms. The Morgan fingerprint density at radius 2 is 2.04 bits per heavy atom. The molecule has 2 unspecified atom stereocenters. The zero-order chi connectivity index (χ0) is 18.3. The Balaban J connectivity index is 1.53. The Morgan fingerprint density at radius 3 is 2.81 bits per heavy atom. The fourth-order valence-electron chi connectivity index (χ4n) is 3.63. The van der Waals surface area contributed by atoms with Crippen molar-refractivity contribution in [2.45, 2.75) is 30.8 Å². The smallest absolute Gasteiger partial charge is 0.289 e. The van der Waals surface area contributed by atoms with E-state index in [-0.39, 0.29) is 16.7 Å². The van der Waals surface area contributed by atoms with Gasteiger partial charge >= 0.3 is 0 Å². The number of nitrogens with one attached hydrogen (secondary N) is 2. The molecule has 4 rings (SSSR count). The van der Waals surface area contributed by atoms with Crippen LogP contribution in [0, 0.1) is 12.8 Å². The monoisotopic (exact) mass is 375 g/mol. The quantitative estimate of drug-likeness (QED) is 0.839. The molecule has 7 nitrogen and oxygen atoms in total. The zero-order valence-electron chi connectivity index (χ0n) is 14.4. The lowest BCUT2D eigenvalue weighted by Crippen LogP contribution is -2.54. The first-order valence-electron chi connectivity index (χ1n) is 8.68. The molecular weight excluding hydrogens is 354 g/mol. The third-order valence-corrected chi connectivity index (χ3v) is 6.44. The van der Waals surface area contributed by atoms with Crippen molar-refractivity contribution >= 4 is 21.6 Å². The van der Waals surface area contributed by atoms with E-state index < -0.39 is 16.2 Å². The van der Waals surface area contributed by atoms with Crippen LogP contribution < -0.4 is 10.0 Å². The molecule has 2 N–H and O–H groups in total. The molecule has 3 heterocycles. The third-order valence-electron chi connectivity index (χ3n) is 4.94. The zero-order valence-corrected chi connectivity index (χ0v) is 15.3. The van der Waals surface area contributed by atoms with E-state index in [0.717, 1.165) is 12.8 Å². The number of sulfonamides is 1. The second-order valence-electron chi connectivity index (χ2n) is 6.80. The van der Waals surface area contributed by atoms with Crippen LogP contribution in [-0.4, -0.2) is 38.5 Å². The number of aryl methyl sites for hydroxylation is 1. The van der Waals surface area contributed by atoms with Crippen molar-refractivity contribution in [1.29, 1.82) is 0 Å². The summed E-state index contributed by atoms with van der Waals surface area (Å²) in [6.45, 7) is 2.92. The van der Waals surface area contributed by atoms with Gasteiger partial charge in [-0.25, -0.2) is 8.42 Å². The van der Waals surface area contributed by atoms with Gasteiger partial charge in [0, 0.05) is 19.0 Å². The van der Waals surface area contributed by atoms with Gasteiger partial charge in [0.2, 0.25) is 10.0 Å². The average Bonchev–Trinajstić information content (AvgIpc) is 3.07. The van der Waals surface area contributed by atoms with Gasteiger partial charge in [-0.15, -0.1) is 0 Å². The van der Waals surface area contributed by atoms with Gasteiger partial charge in [0.1, 0.15) is 10.7 Å². The van der Waals surface area contributed by atoms with Gasteiger partial charge in [0.25, 0.3) is 5.91 Å². The molecule has 1 aromatic heterocycles. The number of para-hydroxylation sites is 1. The number of nitrogens with zero attached hydrogens (tertiary/aromatic N) is 1. The van der Waals surface area contributed by atoms with Crippen molar-refractivity contribution in [3.63, 3.8) is 0 Å². The number of hydrogen-bond acceptors (Lipinski definition) is 5. The van der Waals surface area contributed by atoms with E-state index in [2.05, 4.69) is 10.0 Å². The number of piperidine rings is 1. The molecule has 0 spiro atoms. The number of anilines is 1. The number of furan rings is 1. The predicted octanol–water partition coefficient (Wildman–Crippen LogP) is 2.17. The molecule has 0 radical (unpaired) electrons. The lowest BCUT2D eigenvalue weighted by Gasteiger charge is -2.39. The molecule has 2 aromatic rings. The van der Waals surface area contributed by atoms with E-state index in [9.17, 15) is 13.2 Å². The van der Waals surface area contributed by atoms with Gasteiger partial charge in [-0.05, 0) is 44.0 Å². The van der Waals surface area contributed by atoms with Gasteiger partial charge in [0.05, 0.1) is 11.9 Å². The standard InChI is InChI=1S/C18H21N3O4S/c1-12-8-9-15(25-12)18(22)21-10-4-5-13(11-21)17-19-14-6-2-3-7-16(14)26(23,24)20-17/h2-3,6-9,13,17,19-20H,4-5,10-11H2,1H3. The first-order valence-corrected chi connectivity index (χ1v) is 10.2. The highest BCUT2D eigenvalue weighted by molar-refractivity contribution is 7.89. The highest BCUT2D eigenvalue weighted by Crippen LogP contribution is 2.30. The Morgan fingerprint density at radius 1 is 1.23 bits per heavy atom. The first-order chi connectivity index (χ1) is 12.4. The number of benzene rings is 1. The van der Waals surface area contributed by atoms with Crippen molar-refractivity contribution in [3.05, 3.63) is 47.9 Å². The molecule has 2 atom stereocenters. The van der Waals surface area contributed by atoms with Crippen LogP contribution in [0.15, 0.2) is 45.7 Å². The molecule has 138 valence electrons. The molecular formula is C18H21N3O4S. The third kappa shape index (κ3) is 3.10. The van der Waals surface area contributed by atoms with Gasteiger partial charge in [-0.2, -0.15) is 4.72 Å². The van der Waals surface area contributed by atoms with E-state index >= 15 is 0 Å². The van der Waals surface area contributed by atoms with E-state index in [1.54, 1.807) is 48.2 Å². The number of hydrogen-bond donors (Lipinski definition) is 2.